The molecular weight excluding hydrogens is 532 g/mol. The van der Waals surface area contributed by atoms with Crippen LogP contribution in [0, 0.1) is 5.82 Å². The lowest BCUT2D eigenvalue weighted by molar-refractivity contribution is 0.0714. The molecule has 1 aliphatic heterocycles. The first-order chi connectivity index (χ1) is 15.0. The summed E-state index contributed by atoms with van der Waals surface area (Å²) in [6, 6.07) is 7.20. The molecule has 1 amide bonds. The highest BCUT2D eigenvalue weighted by molar-refractivity contribution is 14.1. The number of piperidine rings is 1. The number of carbonyl (C=O) groups excluding carboxylic acids is 1. The number of likely N-dealkylation sites (tertiary alicyclic amines) is 1. The minimum atomic E-state index is -0.151. The van der Waals surface area contributed by atoms with Crippen molar-refractivity contribution in [2.75, 3.05) is 26.8 Å². The number of aromatic nitrogens is 2. The van der Waals surface area contributed by atoms with Crippen LogP contribution in [0.25, 0.3) is 10.9 Å². The van der Waals surface area contributed by atoms with E-state index in [9.17, 15) is 9.18 Å². The van der Waals surface area contributed by atoms with Crippen molar-refractivity contribution in [3.05, 3.63) is 64.3 Å². The Bertz CT molecular complexity index is 1100. The third-order valence-corrected chi connectivity index (χ3v) is 7.10. The van der Waals surface area contributed by atoms with E-state index in [1.54, 1.807) is 19.4 Å². The molecule has 3 aromatic rings. The summed E-state index contributed by atoms with van der Waals surface area (Å²) in [5, 5.41) is 1.17. The van der Waals surface area contributed by atoms with Gasteiger partial charge in [0.2, 0.25) is 0 Å². The van der Waals surface area contributed by atoms with Crippen LogP contribution in [0.4, 0.5) is 4.39 Å². The number of alkyl halides is 1. The zero-order valence-electron chi connectivity index (χ0n) is 17.3. The van der Waals surface area contributed by atoms with Crippen LogP contribution < -0.4 is 0 Å². The zero-order valence-corrected chi connectivity index (χ0v) is 20.2. The Morgan fingerprint density at radius 1 is 1.32 bits per heavy atom. The van der Waals surface area contributed by atoms with E-state index in [4.69, 9.17) is 16.3 Å². The summed E-state index contributed by atoms with van der Waals surface area (Å²) in [6.45, 7) is 2.29. The van der Waals surface area contributed by atoms with E-state index >= 15 is 0 Å². The van der Waals surface area contributed by atoms with E-state index in [-0.39, 0.29) is 17.6 Å². The topological polar surface area (TPSA) is 47.4 Å². The van der Waals surface area contributed by atoms with Crippen LogP contribution in [-0.4, -0.2) is 47.2 Å². The molecule has 2 aromatic heterocycles. The molecule has 1 aromatic carbocycles. The number of halogens is 3. The molecule has 0 unspecified atom stereocenters. The number of amides is 1. The second kappa shape index (κ2) is 9.83. The quantitative estimate of drug-likeness (QED) is 0.232. The predicted molar refractivity (Wildman–Crippen MR) is 129 cm³/mol. The highest BCUT2D eigenvalue weighted by atomic mass is 127. The second-order valence-electron chi connectivity index (χ2n) is 7.78. The molecule has 0 saturated carbocycles. The summed E-state index contributed by atoms with van der Waals surface area (Å²) in [5.41, 5.74) is 3.27. The van der Waals surface area contributed by atoms with Crippen molar-refractivity contribution in [2.45, 2.75) is 29.7 Å². The normalized spacial score (nSPS) is 15.0. The van der Waals surface area contributed by atoms with E-state index < -0.39 is 0 Å². The Balaban J connectivity index is 1.54. The van der Waals surface area contributed by atoms with Gasteiger partial charge in [-0.1, -0.05) is 46.3 Å². The molecule has 0 N–H and O–H groups in total. The van der Waals surface area contributed by atoms with Crippen molar-refractivity contribution in [3.63, 3.8) is 0 Å². The minimum absolute atomic E-state index is 0.0247. The Hall–Kier alpha value is -1.71. The number of hydrogen-bond donors (Lipinski definition) is 0. The van der Waals surface area contributed by atoms with Crippen LogP contribution in [0.1, 0.15) is 40.2 Å². The van der Waals surface area contributed by atoms with Gasteiger partial charge in [0, 0.05) is 49.0 Å². The molecule has 5 nitrogen and oxygen atoms in total. The average molecular weight is 556 g/mol. The Morgan fingerprint density at radius 3 is 2.81 bits per heavy atom. The number of methoxy groups -OCH3 is 1. The standard InChI is InChI=1S/C23H24ClFIN3O2/c1-31-11-10-29-14-19(17-4-7-27-22(24)21(17)29)23(30)28-8-5-16(6-9-28)18-12-15(13-26)2-3-20(18)25/h2-4,7,12,14,16H,5-6,8-11,13H2,1H3. The molecule has 31 heavy (non-hydrogen) atoms. The van der Waals surface area contributed by atoms with Crippen LogP contribution in [-0.2, 0) is 15.7 Å². The van der Waals surface area contributed by atoms with Crippen LogP contribution in [0.3, 0.4) is 0 Å². The monoisotopic (exact) mass is 555 g/mol. The number of rotatable bonds is 6. The number of hydrogen-bond acceptors (Lipinski definition) is 3. The van der Waals surface area contributed by atoms with Gasteiger partial charge in [0.05, 0.1) is 17.7 Å². The molecule has 3 heterocycles. The van der Waals surface area contributed by atoms with Gasteiger partial charge in [-0.3, -0.25) is 4.79 Å². The minimum Gasteiger partial charge on any atom is -0.383 e. The van der Waals surface area contributed by atoms with E-state index in [1.807, 2.05) is 33.9 Å². The Kier molecular flexibility index (Phi) is 7.13. The van der Waals surface area contributed by atoms with E-state index in [2.05, 4.69) is 27.6 Å². The van der Waals surface area contributed by atoms with Gasteiger partial charge < -0.3 is 14.2 Å². The highest BCUT2D eigenvalue weighted by Gasteiger charge is 2.28. The summed E-state index contributed by atoms with van der Waals surface area (Å²) in [5.74, 6) is -0.0428. The fraction of sp³-hybridized carbons (Fsp3) is 0.391. The van der Waals surface area contributed by atoms with Crippen LogP contribution in [0.15, 0.2) is 36.7 Å². The Labute approximate surface area is 199 Å². The first-order valence-corrected chi connectivity index (χ1v) is 12.2. The summed E-state index contributed by atoms with van der Waals surface area (Å²) in [6.07, 6.45) is 4.96. The van der Waals surface area contributed by atoms with Gasteiger partial charge >= 0.3 is 0 Å². The lowest BCUT2D eigenvalue weighted by Crippen LogP contribution is -2.38. The number of nitrogens with zero attached hydrogens (tertiary/aromatic N) is 3. The molecule has 0 bridgehead atoms. The lowest BCUT2D eigenvalue weighted by atomic mass is 9.88. The summed E-state index contributed by atoms with van der Waals surface area (Å²) >= 11 is 8.63. The third kappa shape index (κ3) is 4.59. The molecule has 4 rings (SSSR count). The van der Waals surface area contributed by atoms with Crippen LogP contribution in [0.5, 0.6) is 0 Å². The van der Waals surface area contributed by atoms with Crippen molar-refractivity contribution in [1.82, 2.24) is 14.5 Å². The molecule has 0 aliphatic carbocycles. The maximum absolute atomic E-state index is 14.4. The van der Waals surface area contributed by atoms with Gasteiger partial charge in [0.1, 0.15) is 5.82 Å². The molecule has 0 spiro atoms. The number of ether oxygens (including phenoxy) is 1. The second-order valence-corrected chi connectivity index (χ2v) is 8.90. The molecule has 8 heteroatoms. The van der Waals surface area contributed by atoms with E-state index in [1.165, 1.54) is 0 Å². The number of carbonyl (C=O) groups is 1. The zero-order chi connectivity index (χ0) is 22.0. The van der Waals surface area contributed by atoms with Crippen molar-refractivity contribution >= 4 is 51.0 Å². The third-order valence-electron chi connectivity index (χ3n) is 5.95. The van der Waals surface area contributed by atoms with Gasteiger partial charge in [-0.05, 0) is 42.0 Å². The van der Waals surface area contributed by atoms with Crippen molar-refractivity contribution in [2.24, 2.45) is 0 Å². The van der Waals surface area contributed by atoms with Gasteiger partial charge in [-0.2, -0.15) is 0 Å². The maximum Gasteiger partial charge on any atom is 0.256 e. The molecule has 1 fully saturated rings. The fourth-order valence-electron chi connectivity index (χ4n) is 4.30. The first-order valence-electron chi connectivity index (χ1n) is 10.3. The van der Waals surface area contributed by atoms with Gasteiger partial charge in [-0.25, -0.2) is 9.37 Å². The molecule has 164 valence electrons. The van der Waals surface area contributed by atoms with Crippen molar-refractivity contribution in [1.29, 1.82) is 0 Å². The fourth-order valence-corrected chi connectivity index (χ4v) is 5.04. The largest absolute Gasteiger partial charge is 0.383 e. The Morgan fingerprint density at radius 2 is 2.10 bits per heavy atom. The summed E-state index contributed by atoms with van der Waals surface area (Å²) < 4.78 is 22.4. The average Bonchev–Trinajstić information content (AvgIpc) is 3.17. The van der Waals surface area contributed by atoms with Crippen LogP contribution >= 0.6 is 34.2 Å². The predicted octanol–water partition coefficient (Wildman–Crippen LogP) is 5.43. The SMILES string of the molecule is COCCn1cc(C(=O)N2CCC(c3cc(CI)ccc3F)CC2)c2ccnc(Cl)c21. The van der Waals surface area contributed by atoms with E-state index in [0.717, 1.165) is 39.3 Å². The molecule has 0 atom stereocenters. The van der Waals surface area contributed by atoms with Gasteiger partial charge in [0.25, 0.3) is 5.91 Å². The molecular formula is C23H24ClFIN3O2. The maximum atomic E-state index is 14.4. The first kappa shape index (κ1) is 22.5. The summed E-state index contributed by atoms with van der Waals surface area (Å²) in [4.78, 5) is 19.4. The van der Waals surface area contributed by atoms with Crippen LogP contribution in [0.2, 0.25) is 5.15 Å². The van der Waals surface area contributed by atoms with E-state index in [0.29, 0.717) is 37.0 Å². The lowest BCUT2D eigenvalue weighted by Gasteiger charge is -2.32. The van der Waals surface area contributed by atoms with Crippen molar-refractivity contribution in [3.8, 4) is 0 Å². The highest BCUT2D eigenvalue weighted by Crippen LogP contribution is 2.33. The number of pyridine rings is 1. The number of benzene rings is 1. The molecule has 0 radical (unpaired) electrons. The molecule has 1 aliphatic rings. The number of fused-ring (bicyclic) bond motifs is 1. The molecule has 1 saturated heterocycles. The van der Waals surface area contributed by atoms with Gasteiger partial charge in [-0.15, -0.1) is 0 Å². The summed E-state index contributed by atoms with van der Waals surface area (Å²) in [7, 11) is 1.64. The smallest absolute Gasteiger partial charge is 0.256 e. The van der Waals surface area contributed by atoms with Gasteiger partial charge in [0.15, 0.2) is 5.15 Å². The van der Waals surface area contributed by atoms with Crippen molar-refractivity contribution < 1.29 is 13.9 Å².